The number of allylic oxidation sites excluding steroid dienone is 4. The van der Waals surface area contributed by atoms with Crippen molar-refractivity contribution >= 4 is 87.5 Å². The monoisotopic (exact) mass is 594 g/mol. The molecule has 1 aliphatic carbocycles. The van der Waals surface area contributed by atoms with Gasteiger partial charge in [-0.2, -0.15) is 0 Å². The molecule has 210 valence electrons. The zero-order chi connectivity index (χ0) is 29.2. The summed E-state index contributed by atoms with van der Waals surface area (Å²) in [5.74, 6) is 0.895. The van der Waals surface area contributed by atoms with Crippen LogP contribution in [0.5, 0.6) is 0 Å². The number of rotatable bonds is 2. The molecular weight excluding hydrogens is 573 g/mol. The van der Waals surface area contributed by atoms with Gasteiger partial charge in [0.2, 0.25) is 0 Å². The lowest BCUT2D eigenvalue weighted by atomic mass is 9.84. The van der Waals surface area contributed by atoms with E-state index in [2.05, 4.69) is 102 Å². The van der Waals surface area contributed by atoms with Crippen LogP contribution in [0, 0.1) is 0 Å². The largest absolute Gasteiger partial charge is 0.455 e. The fraction of sp³-hybridized carbons (Fsp3) is 0.0513. The lowest BCUT2D eigenvalue weighted by Crippen LogP contribution is -2.07. The molecule has 0 radical (unpaired) electrons. The minimum atomic E-state index is 0.215. The lowest BCUT2D eigenvalue weighted by Gasteiger charge is -2.22. The van der Waals surface area contributed by atoms with Crippen LogP contribution in [0.3, 0.4) is 0 Å². The highest BCUT2D eigenvalue weighted by Crippen LogP contribution is 2.54. The van der Waals surface area contributed by atoms with Crippen LogP contribution >= 0.6 is 11.3 Å². The number of para-hydroxylation sites is 4. The molecule has 0 amide bonds. The molecule has 0 N–H and O–H groups in total. The molecular formula is C39H22N4OS. The molecule has 0 spiro atoms. The summed E-state index contributed by atoms with van der Waals surface area (Å²) in [6, 6.07) is 33.8. The molecule has 1 atom stereocenters. The first-order valence-electron chi connectivity index (χ1n) is 15.2. The van der Waals surface area contributed by atoms with Gasteiger partial charge in [-0.15, -0.1) is 11.3 Å². The van der Waals surface area contributed by atoms with E-state index >= 15 is 0 Å². The van der Waals surface area contributed by atoms with Crippen molar-refractivity contribution in [2.24, 2.45) is 0 Å². The van der Waals surface area contributed by atoms with Gasteiger partial charge in [0, 0.05) is 44.1 Å². The predicted molar refractivity (Wildman–Crippen MR) is 184 cm³/mol. The quantitative estimate of drug-likeness (QED) is 0.200. The fourth-order valence-corrected chi connectivity index (χ4v) is 8.66. The Labute approximate surface area is 260 Å². The van der Waals surface area contributed by atoms with Crippen molar-refractivity contribution < 1.29 is 4.42 Å². The first-order chi connectivity index (χ1) is 22.3. The fourth-order valence-electron chi connectivity index (χ4n) is 7.79. The predicted octanol–water partition coefficient (Wildman–Crippen LogP) is 10.3. The van der Waals surface area contributed by atoms with Crippen LogP contribution < -0.4 is 0 Å². The van der Waals surface area contributed by atoms with Crippen molar-refractivity contribution in [3.8, 4) is 11.4 Å². The van der Waals surface area contributed by atoms with Crippen molar-refractivity contribution in [1.82, 2.24) is 19.5 Å². The van der Waals surface area contributed by atoms with Crippen LogP contribution in [0.1, 0.15) is 23.6 Å². The van der Waals surface area contributed by atoms with Crippen LogP contribution in [0.25, 0.3) is 87.5 Å². The average Bonchev–Trinajstić information content (AvgIpc) is 3.86. The van der Waals surface area contributed by atoms with Crippen LogP contribution in [0.2, 0.25) is 0 Å². The first kappa shape index (κ1) is 23.8. The molecule has 5 heterocycles. The Morgan fingerprint density at radius 1 is 0.733 bits per heavy atom. The molecule has 11 rings (SSSR count). The molecule has 9 aromatic rings. The SMILES string of the molecule is C1=C(c2nc(-c3cccc4c3oc3ccccc34)nc3ccccc23)CC2C(=C1)n1c3ccccc3c3cc4ncsc4c2c31. The van der Waals surface area contributed by atoms with Gasteiger partial charge in [0.05, 0.1) is 43.5 Å². The molecule has 1 unspecified atom stereocenters. The summed E-state index contributed by atoms with van der Waals surface area (Å²) in [5, 5.41) is 5.80. The zero-order valence-corrected chi connectivity index (χ0v) is 24.7. The molecule has 0 saturated heterocycles. The van der Waals surface area contributed by atoms with E-state index in [1.54, 1.807) is 11.3 Å². The number of benzene rings is 5. The summed E-state index contributed by atoms with van der Waals surface area (Å²) < 4.78 is 10.2. The van der Waals surface area contributed by atoms with Crippen LogP contribution in [0.15, 0.2) is 119 Å². The average molecular weight is 595 g/mol. The molecule has 0 saturated carbocycles. The maximum Gasteiger partial charge on any atom is 0.164 e. The van der Waals surface area contributed by atoms with Crippen molar-refractivity contribution in [3.05, 3.63) is 126 Å². The second-order valence-electron chi connectivity index (χ2n) is 12.0. The maximum absolute atomic E-state index is 6.41. The lowest BCUT2D eigenvalue weighted by molar-refractivity contribution is 0.669. The van der Waals surface area contributed by atoms with Crippen molar-refractivity contribution in [3.63, 3.8) is 0 Å². The maximum atomic E-state index is 6.41. The number of fused-ring (bicyclic) bond motifs is 12. The third-order valence-corrected chi connectivity index (χ3v) is 10.6. The summed E-state index contributed by atoms with van der Waals surface area (Å²) in [6.07, 6.45) is 5.45. The summed E-state index contributed by atoms with van der Waals surface area (Å²) in [4.78, 5) is 15.2. The summed E-state index contributed by atoms with van der Waals surface area (Å²) >= 11 is 1.75. The number of furan rings is 1. The summed E-state index contributed by atoms with van der Waals surface area (Å²) in [7, 11) is 0. The molecule has 4 aromatic heterocycles. The van der Waals surface area contributed by atoms with Crippen molar-refractivity contribution in [1.29, 1.82) is 0 Å². The second-order valence-corrected chi connectivity index (χ2v) is 12.8. The highest BCUT2D eigenvalue weighted by molar-refractivity contribution is 7.17. The number of aromatic nitrogens is 4. The van der Waals surface area contributed by atoms with E-state index in [1.807, 2.05) is 17.6 Å². The molecule has 1 aliphatic heterocycles. The van der Waals surface area contributed by atoms with Gasteiger partial charge in [-0.05, 0) is 48.4 Å². The minimum absolute atomic E-state index is 0.215. The molecule has 5 nitrogen and oxygen atoms in total. The third kappa shape index (κ3) is 3.09. The Morgan fingerprint density at radius 2 is 1.56 bits per heavy atom. The normalized spacial score (nSPS) is 16.0. The Kier molecular flexibility index (Phi) is 4.51. The van der Waals surface area contributed by atoms with E-state index in [1.165, 1.54) is 43.3 Å². The van der Waals surface area contributed by atoms with Crippen LogP contribution in [-0.2, 0) is 0 Å². The topological polar surface area (TPSA) is 56.7 Å². The van der Waals surface area contributed by atoms with Crippen LogP contribution in [0.4, 0.5) is 0 Å². The van der Waals surface area contributed by atoms with E-state index in [0.717, 1.165) is 56.0 Å². The Morgan fingerprint density at radius 3 is 2.51 bits per heavy atom. The first-order valence-corrected chi connectivity index (χ1v) is 16.1. The number of nitrogens with zero attached hydrogens (tertiary/aromatic N) is 4. The van der Waals surface area contributed by atoms with Crippen LogP contribution in [-0.4, -0.2) is 19.5 Å². The van der Waals surface area contributed by atoms with E-state index in [4.69, 9.17) is 19.4 Å². The minimum Gasteiger partial charge on any atom is -0.455 e. The van der Waals surface area contributed by atoms with Gasteiger partial charge in [0.15, 0.2) is 5.82 Å². The number of hydrogen-bond acceptors (Lipinski definition) is 5. The zero-order valence-electron chi connectivity index (χ0n) is 23.9. The Hall–Kier alpha value is -5.59. The standard InChI is InChI=1S/C39H22N4OS/c1-4-13-29-25(10-1)35(42-39(41-29)26-12-7-11-24-23-9-3-6-15-33(23)44-37(24)26)21-16-17-32-28(18-21)34-36-27(19-30-38(34)45-20-40-30)22-8-2-5-14-31(22)43(32)36/h1-17,19-20,28H,18H2. The second kappa shape index (κ2) is 8.52. The van der Waals surface area contributed by atoms with Crippen molar-refractivity contribution in [2.45, 2.75) is 12.3 Å². The molecule has 5 aromatic carbocycles. The van der Waals surface area contributed by atoms with Gasteiger partial charge in [-0.1, -0.05) is 72.8 Å². The van der Waals surface area contributed by atoms with Gasteiger partial charge in [-0.3, -0.25) is 0 Å². The highest BCUT2D eigenvalue weighted by Gasteiger charge is 2.36. The molecule has 45 heavy (non-hydrogen) atoms. The summed E-state index contributed by atoms with van der Waals surface area (Å²) in [5.41, 5.74) is 14.1. The van der Waals surface area contributed by atoms with Gasteiger partial charge >= 0.3 is 0 Å². The smallest absolute Gasteiger partial charge is 0.164 e. The van der Waals surface area contributed by atoms with E-state index in [9.17, 15) is 0 Å². The third-order valence-electron chi connectivity index (χ3n) is 9.69. The Bertz CT molecular complexity index is 2810. The van der Waals surface area contributed by atoms with Gasteiger partial charge in [0.25, 0.3) is 0 Å². The van der Waals surface area contributed by atoms with Crippen molar-refractivity contribution in [2.75, 3.05) is 0 Å². The molecule has 0 bridgehead atoms. The van der Waals surface area contributed by atoms with Gasteiger partial charge in [0.1, 0.15) is 11.2 Å². The van der Waals surface area contributed by atoms with E-state index in [0.29, 0.717) is 5.82 Å². The number of thiazole rings is 1. The van der Waals surface area contributed by atoms with E-state index < -0.39 is 0 Å². The Balaban J connectivity index is 1.14. The van der Waals surface area contributed by atoms with E-state index in [-0.39, 0.29) is 5.92 Å². The van der Waals surface area contributed by atoms with Gasteiger partial charge < -0.3 is 8.98 Å². The summed E-state index contributed by atoms with van der Waals surface area (Å²) in [6.45, 7) is 0. The van der Waals surface area contributed by atoms with Gasteiger partial charge in [-0.25, -0.2) is 15.0 Å². The molecule has 2 aliphatic rings. The molecule has 0 fully saturated rings. The molecule has 6 heteroatoms. The highest BCUT2D eigenvalue weighted by atomic mass is 32.1. The number of hydrogen-bond donors (Lipinski definition) is 0.